The predicted octanol–water partition coefficient (Wildman–Crippen LogP) is 6.33. The summed E-state index contributed by atoms with van der Waals surface area (Å²) >= 11 is 0. The molecule has 1 fully saturated rings. The van der Waals surface area contributed by atoms with Gasteiger partial charge in [-0.25, -0.2) is 0 Å². The Kier molecular flexibility index (Phi) is 6.77. The molecule has 0 bridgehead atoms. The maximum atomic E-state index is 6.40. The molecule has 0 saturated heterocycles. The van der Waals surface area contributed by atoms with Crippen molar-refractivity contribution >= 4 is 0 Å². The zero-order valence-corrected chi connectivity index (χ0v) is 16.4. The molecule has 0 radical (unpaired) electrons. The third-order valence-electron chi connectivity index (χ3n) is 6.69. The molecule has 5 unspecified atom stereocenters. The Balaban J connectivity index is 2.06. The molecular formula is C22H41N. The highest BCUT2D eigenvalue weighted by Crippen LogP contribution is 2.52. The van der Waals surface area contributed by atoms with Gasteiger partial charge in [0, 0.05) is 6.04 Å². The number of fused-ring (bicyclic) bond motifs is 1. The Labute approximate surface area is 145 Å². The minimum atomic E-state index is 0.353. The van der Waals surface area contributed by atoms with Crippen molar-refractivity contribution in [3.05, 3.63) is 11.6 Å². The summed E-state index contributed by atoms with van der Waals surface area (Å²) in [5, 5.41) is 0. The lowest BCUT2D eigenvalue weighted by molar-refractivity contribution is 0.126. The fourth-order valence-corrected chi connectivity index (χ4v) is 5.64. The number of nitrogens with two attached hydrogens (primary N) is 1. The molecule has 5 atom stereocenters. The Morgan fingerprint density at radius 1 is 1.26 bits per heavy atom. The van der Waals surface area contributed by atoms with Crippen molar-refractivity contribution in [2.24, 2.45) is 34.8 Å². The first-order valence-corrected chi connectivity index (χ1v) is 10.2. The standard InChI is InChI=1S/C22H41N/c1-16(2)13-20(23)14-19-10-8-17(3)15-22(5)12-6-7-21(22)18(4)9-11-19/h11,16-18,20-21H,6-10,12-15,23H2,1-5H3/b19-11+. The summed E-state index contributed by atoms with van der Waals surface area (Å²) in [5.74, 6) is 3.34. The molecule has 1 saturated carbocycles. The van der Waals surface area contributed by atoms with Crippen molar-refractivity contribution < 1.29 is 0 Å². The van der Waals surface area contributed by atoms with Crippen molar-refractivity contribution in [3.8, 4) is 0 Å². The number of allylic oxidation sites excluding steroid dienone is 1. The summed E-state index contributed by atoms with van der Waals surface area (Å²) in [7, 11) is 0. The average molecular weight is 320 g/mol. The van der Waals surface area contributed by atoms with E-state index < -0.39 is 0 Å². The summed E-state index contributed by atoms with van der Waals surface area (Å²) in [6, 6.07) is 0.353. The second-order valence-electron chi connectivity index (χ2n) is 9.67. The second kappa shape index (κ2) is 8.19. The molecule has 0 aromatic rings. The first-order chi connectivity index (χ1) is 10.8. The maximum Gasteiger partial charge on any atom is 0.00785 e. The van der Waals surface area contributed by atoms with Crippen LogP contribution in [0.25, 0.3) is 0 Å². The van der Waals surface area contributed by atoms with E-state index in [2.05, 4.69) is 40.7 Å². The molecule has 0 amide bonds. The van der Waals surface area contributed by atoms with Gasteiger partial charge in [-0.15, -0.1) is 0 Å². The highest BCUT2D eigenvalue weighted by molar-refractivity contribution is 5.07. The monoisotopic (exact) mass is 319 g/mol. The van der Waals surface area contributed by atoms with Gasteiger partial charge in [-0.2, -0.15) is 0 Å². The van der Waals surface area contributed by atoms with Crippen LogP contribution in [-0.2, 0) is 0 Å². The minimum Gasteiger partial charge on any atom is -0.327 e. The van der Waals surface area contributed by atoms with Crippen LogP contribution in [0.1, 0.15) is 92.4 Å². The lowest BCUT2D eigenvalue weighted by atomic mass is 9.67. The van der Waals surface area contributed by atoms with Crippen LogP contribution in [0.5, 0.6) is 0 Å². The summed E-state index contributed by atoms with van der Waals surface area (Å²) in [6.45, 7) is 12.1. The van der Waals surface area contributed by atoms with Crippen LogP contribution in [0.2, 0.25) is 0 Å². The van der Waals surface area contributed by atoms with E-state index in [1.54, 1.807) is 5.57 Å². The van der Waals surface area contributed by atoms with E-state index in [1.165, 1.54) is 44.9 Å². The zero-order chi connectivity index (χ0) is 17.0. The van der Waals surface area contributed by atoms with Crippen molar-refractivity contribution in [3.63, 3.8) is 0 Å². The molecule has 2 aliphatic rings. The highest BCUT2D eigenvalue weighted by Gasteiger charge is 2.41. The minimum absolute atomic E-state index is 0.353. The topological polar surface area (TPSA) is 26.0 Å². The molecule has 0 aliphatic heterocycles. The molecule has 134 valence electrons. The first kappa shape index (κ1) is 19.0. The first-order valence-electron chi connectivity index (χ1n) is 10.2. The van der Waals surface area contributed by atoms with E-state index in [-0.39, 0.29) is 0 Å². The van der Waals surface area contributed by atoms with Crippen LogP contribution in [0.4, 0.5) is 0 Å². The van der Waals surface area contributed by atoms with E-state index in [1.807, 2.05) is 0 Å². The van der Waals surface area contributed by atoms with Gasteiger partial charge < -0.3 is 5.73 Å². The number of rotatable bonds is 4. The third-order valence-corrected chi connectivity index (χ3v) is 6.69. The van der Waals surface area contributed by atoms with Crippen molar-refractivity contribution in [1.29, 1.82) is 0 Å². The molecule has 0 aromatic carbocycles. The summed E-state index contributed by atoms with van der Waals surface area (Å²) in [6.07, 6.45) is 14.6. The lowest BCUT2D eigenvalue weighted by Gasteiger charge is -2.38. The lowest BCUT2D eigenvalue weighted by Crippen LogP contribution is -2.30. The summed E-state index contributed by atoms with van der Waals surface area (Å²) < 4.78 is 0. The molecule has 2 rings (SSSR count). The van der Waals surface area contributed by atoms with Crippen molar-refractivity contribution in [2.45, 2.75) is 98.4 Å². The van der Waals surface area contributed by atoms with Gasteiger partial charge in [0.1, 0.15) is 0 Å². The molecule has 2 aliphatic carbocycles. The SMILES string of the molecule is CC(C)CC(N)C/C1=C/CC(C)C2CCCC2(C)CC(C)CC1. The predicted molar refractivity (Wildman–Crippen MR) is 102 cm³/mol. The van der Waals surface area contributed by atoms with E-state index in [0.29, 0.717) is 17.4 Å². The van der Waals surface area contributed by atoms with Gasteiger partial charge in [-0.1, -0.05) is 52.7 Å². The zero-order valence-electron chi connectivity index (χ0n) is 16.4. The summed E-state index contributed by atoms with van der Waals surface area (Å²) in [4.78, 5) is 0. The number of hydrogen-bond donors (Lipinski definition) is 1. The van der Waals surface area contributed by atoms with Crippen molar-refractivity contribution in [2.75, 3.05) is 0 Å². The Morgan fingerprint density at radius 3 is 2.70 bits per heavy atom. The van der Waals surface area contributed by atoms with Gasteiger partial charge in [0.25, 0.3) is 0 Å². The molecule has 1 heteroatoms. The van der Waals surface area contributed by atoms with E-state index in [0.717, 1.165) is 30.6 Å². The van der Waals surface area contributed by atoms with Crippen LogP contribution in [0.15, 0.2) is 11.6 Å². The average Bonchev–Trinajstić information content (AvgIpc) is 2.81. The van der Waals surface area contributed by atoms with E-state index in [9.17, 15) is 0 Å². The van der Waals surface area contributed by atoms with Crippen LogP contribution in [0, 0.1) is 29.1 Å². The highest BCUT2D eigenvalue weighted by atomic mass is 14.6. The number of hydrogen-bond acceptors (Lipinski definition) is 1. The molecule has 2 N–H and O–H groups in total. The Morgan fingerprint density at radius 2 is 2.00 bits per heavy atom. The molecule has 0 aromatic heterocycles. The van der Waals surface area contributed by atoms with Crippen LogP contribution < -0.4 is 5.73 Å². The van der Waals surface area contributed by atoms with Gasteiger partial charge in [0.2, 0.25) is 0 Å². The smallest absolute Gasteiger partial charge is 0.00785 e. The van der Waals surface area contributed by atoms with Crippen LogP contribution >= 0.6 is 0 Å². The third kappa shape index (κ3) is 5.34. The van der Waals surface area contributed by atoms with Gasteiger partial charge >= 0.3 is 0 Å². The normalized spacial score (nSPS) is 39.6. The largest absolute Gasteiger partial charge is 0.327 e. The van der Waals surface area contributed by atoms with Gasteiger partial charge in [-0.3, -0.25) is 0 Å². The molecule has 0 spiro atoms. The fraction of sp³-hybridized carbons (Fsp3) is 0.909. The fourth-order valence-electron chi connectivity index (χ4n) is 5.64. The Bertz CT molecular complexity index is 397. The van der Waals surface area contributed by atoms with Crippen molar-refractivity contribution in [1.82, 2.24) is 0 Å². The second-order valence-corrected chi connectivity index (χ2v) is 9.67. The van der Waals surface area contributed by atoms with E-state index in [4.69, 9.17) is 5.73 Å². The van der Waals surface area contributed by atoms with Gasteiger partial charge in [0.05, 0.1) is 0 Å². The molecule has 1 nitrogen and oxygen atoms in total. The maximum absolute atomic E-state index is 6.40. The van der Waals surface area contributed by atoms with Gasteiger partial charge in [0.15, 0.2) is 0 Å². The van der Waals surface area contributed by atoms with Crippen LogP contribution in [-0.4, -0.2) is 6.04 Å². The summed E-state index contributed by atoms with van der Waals surface area (Å²) in [5.41, 5.74) is 8.66. The van der Waals surface area contributed by atoms with Gasteiger partial charge in [-0.05, 0) is 80.5 Å². The van der Waals surface area contributed by atoms with Crippen LogP contribution in [0.3, 0.4) is 0 Å². The molecule has 23 heavy (non-hydrogen) atoms. The molecular weight excluding hydrogens is 278 g/mol. The van der Waals surface area contributed by atoms with E-state index >= 15 is 0 Å². The molecule has 0 heterocycles. The quantitative estimate of drug-likeness (QED) is 0.602. The Hall–Kier alpha value is -0.300.